The lowest BCUT2D eigenvalue weighted by Gasteiger charge is -2.09. The van der Waals surface area contributed by atoms with E-state index in [9.17, 15) is 23.9 Å². The molecule has 2 aromatic carbocycles. The highest BCUT2D eigenvalue weighted by atomic mass is 79.9. The van der Waals surface area contributed by atoms with Crippen LogP contribution in [0.4, 0.5) is 11.4 Å². The molecule has 0 saturated heterocycles. The smallest absolute Gasteiger partial charge is 0.338 e. The van der Waals surface area contributed by atoms with Gasteiger partial charge in [0.2, 0.25) is 0 Å². The molecule has 0 heterocycles. The first kappa shape index (κ1) is 20.7. The Hall–Kier alpha value is -2.59. The van der Waals surface area contributed by atoms with Crippen molar-refractivity contribution in [3.8, 4) is 0 Å². The summed E-state index contributed by atoms with van der Waals surface area (Å²) in [6.45, 7) is -0.522. The van der Waals surface area contributed by atoms with Gasteiger partial charge in [-0.1, -0.05) is 12.1 Å². The molecule has 0 aliphatic heterocycles. The average molecular weight is 455 g/mol. The monoisotopic (exact) mass is 454 g/mol. The third kappa shape index (κ3) is 6.26. The van der Waals surface area contributed by atoms with Gasteiger partial charge in [-0.25, -0.2) is 4.79 Å². The van der Waals surface area contributed by atoms with Crippen molar-refractivity contribution in [1.82, 2.24) is 0 Å². The normalized spacial score (nSPS) is 11.5. The summed E-state index contributed by atoms with van der Waals surface area (Å²) in [4.78, 5) is 34.2. The minimum atomic E-state index is -1.04. The van der Waals surface area contributed by atoms with E-state index in [2.05, 4.69) is 21.2 Å². The van der Waals surface area contributed by atoms with Crippen LogP contribution in [0.15, 0.2) is 46.9 Å². The highest BCUT2D eigenvalue weighted by Gasteiger charge is 2.14. The fourth-order valence-corrected chi connectivity index (χ4v) is 3.26. The van der Waals surface area contributed by atoms with E-state index in [0.717, 1.165) is 5.56 Å². The molecule has 0 radical (unpaired) electrons. The summed E-state index contributed by atoms with van der Waals surface area (Å²) >= 11 is 3.14. The van der Waals surface area contributed by atoms with Gasteiger partial charge < -0.3 is 10.1 Å². The van der Waals surface area contributed by atoms with Crippen LogP contribution in [0.1, 0.15) is 15.9 Å². The SMILES string of the molecule is CS(=O)Cc1cccc(C(=O)OCC(=O)Nc2ccc([N+](=O)[O-])cc2Br)c1. The van der Waals surface area contributed by atoms with E-state index in [1.807, 2.05) is 0 Å². The van der Waals surface area contributed by atoms with Crippen LogP contribution in [0.2, 0.25) is 0 Å². The number of nitrogens with zero attached hydrogens (tertiary/aromatic N) is 1. The van der Waals surface area contributed by atoms with Gasteiger partial charge in [0.05, 0.1) is 16.2 Å². The molecule has 0 fully saturated rings. The molecule has 0 bridgehead atoms. The Balaban J connectivity index is 1.94. The molecule has 8 nitrogen and oxygen atoms in total. The molecule has 0 spiro atoms. The molecular weight excluding hydrogens is 440 g/mol. The van der Waals surface area contributed by atoms with Gasteiger partial charge in [0.15, 0.2) is 6.61 Å². The van der Waals surface area contributed by atoms with Crippen LogP contribution in [0.25, 0.3) is 0 Å². The summed E-state index contributed by atoms with van der Waals surface area (Å²) in [7, 11) is -1.04. The van der Waals surface area contributed by atoms with Crippen molar-refractivity contribution >= 4 is 50.0 Å². The van der Waals surface area contributed by atoms with Gasteiger partial charge in [0, 0.05) is 39.4 Å². The number of hydrogen-bond acceptors (Lipinski definition) is 6. The minimum Gasteiger partial charge on any atom is -0.452 e. The topological polar surface area (TPSA) is 116 Å². The third-order valence-electron chi connectivity index (χ3n) is 3.30. The Morgan fingerprint density at radius 2 is 2.00 bits per heavy atom. The van der Waals surface area contributed by atoms with E-state index in [4.69, 9.17) is 4.74 Å². The third-order valence-corrected chi connectivity index (χ3v) is 4.70. The van der Waals surface area contributed by atoms with Gasteiger partial charge in [-0.3, -0.25) is 19.1 Å². The van der Waals surface area contributed by atoms with Gasteiger partial charge in [-0.15, -0.1) is 0 Å². The predicted molar refractivity (Wildman–Crippen MR) is 104 cm³/mol. The van der Waals surface area contributed by atoms with Crippen LogP contribution in [0.3, 0.4) is 0 Å². The number of non-ortho nitro benzene ring substituents is 1. The molecule has 0 aliphatic rings. The molecule has 142 valence electrons. The number of carbonyl (C=O) groups is 2. The number of rotatable bonds is 7. The molecule has 0 aliphatic carbocycles. The van der Waals surface area contributed by atoms with Gasteiger partial charge in [0.25, 0.3) is 11.6 Å². The van der Waals surface area contributed by atoms with Crippen molar-refractivity contribution in [2.24, 2.45) is 0 Å². The zero-order chi connectivity index (χ0) is 20.0. The molecule has 0 aromatic heterocycles. The number of halogens is 1. The van der Waals surface area contributed by atoms with Crippen molar-refractivity contribution in [2.75, 3.05) is 18.2 Å². The summed E-state index contributed by atoms with van der Waals surface area (Å²) < 4.78 is 16.6. The van der Waals surface area contributed by atoms with Gasteiger partial charge in [-0.05, 0) is 39.7 Å². The molecule has 1 unspecified atom stereocenters. The van der Waals surface area contributed by atoms with Crippen LogP contribution in [0, 0.1) is 10.1 Å². The average Bonchev–Trinajstić information content (AvgIpc) is 2.61. The first-order valence-corrected chi connectivity index (χ1v) is 10.1. The van der Waals surface area contributed by atoms with Crippen molar-refractivity contribution in [1.29, 1.82) is 0 Å². The first-order valence-electron chi connectivity index (χ1n) is 7.56. The number of hydrogen-bond donors (Lipinski definition) is 1. The molecule has 0 saturated carbocycles. The lowest BCUT2D eigenvalue weighted by molar-refractivity contribution is -0.384. The van der Waals surface area contributed by atoms with E-state index in [1.54, 1.807) is 24.5 Å². The minimum absolute atomic E-state index is 0.126. The molecule has 1 N–H and O–H groups in total. The number of esters is 1. The highest BCUT2D eigenvalue weighted by Crippen LogP contribution is 2.27. The maximum atomic E-state index is 12.1. The van der Waals surface area contributed by atoms with Crippen molar-refractivity contribution in [3.63, 3.8) is 0 Å². The zero-order valence-corrected chi connectivity index (χ0v) is 16.5. The Morgan fingerprint density at radius 1 is 1.26 bits per heavy atom. The number of benzene rings is 2. The van der Waals surface area contributed by atoms with Crippen LogP contribution < -0.4 is 5.32 Å². The van der Waals surface area contributed by atoms with Crippen LogP contribution in [0.5, 0.6) is 0 Å². The first-order chi connectivity index (χ1) is 12.8. The zero-order valence-electron chi connectivity index (χ0n) is 14.1. The van der Waals surface area contributed by atoms with Gasteiger partial charge in [0.1, 0.15) is 0 Å². The molecule has 2 rings (SSSR count). The summed E-state index contributed by atoms with van der Waals surface area (Å²) in [6, 6.07) is 10.4. The number of carbonyl (C=O) groups excluding carboxylic acids is 2. The second-order valence-corrected chi connectivity index (χ2v) is 7.75. The number of nitrogens with one attached hydrogen (secondary N) is 1. The number of amides is 1. The fraction of sp³-hybridized carbons (Fsp3) is 0.176. The molecule has 27 heavy (non-hydrogen) atoms. The highest BCUT2D eigenvalue weighted by molar-refractivity contribution is 9.10. The van der Waals surface area contributed by atoms with Crippen molar-refractivity contribution in [2.45, 2.75) is 5.75 Å². The standard InChI is InChI=1S/C17H15BrN2O6S/c1-27(25)10-11-3-2-4-12(7-11)17(22)26-9-16(21)19-15-6-5-13(20(23)24)8-14(15)18/h2-8H,9-10H2,1H3,(H,19,21). The molecule has 1 amide bonds. The number of anilines is 1. The van der Waals surface area contributed by atoms with E-state index < -0.39 is 34.2 Å². The lowest BCUT2D eigenvalue weighted by Crippen LogP contribution is -2.21. The molecular formula is C17H15BrN2O6S. The second kappa shape index (κ2) is 9.38. The largest absolute Gasteiger partial charge is 0.452 e. The second-order valence-electron chi connectivity index (χ2n) is 5.46. The van der Waals surface area contributed by atoms with Crippen molar-refractivity contribution in [3.05, 3.63) is 68.2 Å². The summed E-state index contributed by atoms with van der Waals surface area (Å²) in [6.07, 6.45) is 1.56. The number of nitro groups is 1. The van der Waals surface area contributed by atoms with E-state index in [0.29, 0.717) is 15.9 Å². The maximum absolute atomic E-state index is 12.1. The van der Waals surface area contributed by atoms with Crippen LogP contribution in [-0.2, 0) is 26.1 Å². The van der Waals surface area contributed by atoms with E-state index >= 15 is 0 Å². The fourth-order valence-electron chi connectivity index (χ4n) is 2.14. The van der Waals surface area contributed by atoms with Gasteiger partial charge in [-0.2, -0.15) is 0 Å². The van der Waals surface area contributed by atoms with E-state index in [1.165, 1.54) is 24.3 Å². The summed E-state index contributed by atoms with van der Waals surface area (Å²) in [5, 5.41) is 13.2. The Kier molecular flexibility index (Phi) is 7.19. The number of ether oxygens (including phenoxy) is 1. The predicted octanol–water partition coefficient (Wildman–Crippen LogP) is 3.03. The van der Waals surface area contributed by atoms with Crippen LogP contribution >= 0.6 is 15.9 Å². The quantitative estimate of drug-likeness (QED) is 0.390. The Bertz CT molecular complexity index is 918. The maximum Gasteiger partial charge on any atom is 0.338 e. The summed E-state index contributed by atoms with van der Waals surface area (Å²) in [5.74, 6) is -0.962. The van der Waals surface area contributed by atoms with E-state index in [-0.39, 0.29) is 11.3 Å². The van der Waals surface area contributed by atoms with Crippen molar-refractivity contribution < 1.29 is 23.5 Å². The molecule has 10 heteroatoms. The van der Waals surface area contributed by atoms with Crippen LogP contribution in [-0.4, -0.2) is 33.9 Å². The molecule has 1 atom stereocenters. The Morgan fingerprint density at radius 3 is 2.63 bits per heavy atom. The lowest BCUT2D eigenvalue weighted by atomic mass is 10.1. The van der Waals surface area contributed by atoms with Gasteiger partial charge >= 0.3 is 5.97 Å². The summed E-state index contributed by atoms with van der Waals surface area (Å²) in [5.41, 5.74) is 1.17. The Labute approximate surface area is 165 Å². The number of nitro benzene ring substituents is 1. The molecule has 2 aromatic rings.